The summed E-state index contributed by atoms with van der Waals surface area (Å²) in [7, 11) is 0. The van der Waals surface area contributed by atoms with Gasteiger partial charge < -0.3 is 15.0 Å². The fraction of sp³-hybridized carbons (Fsp3) is 0.192. The van der Waals surface area contributed by atoms with E-state index in [0.29, 0.717) is 13.1 Å². The van der Waals surface area contributed by atoms with Crippen molar-refractivity contribution in [2.45, 2.75) is 26.4 Å². The molecule has 2 N–H and O–H groups in total. The molecule has 0 aliphatic carbocycles. The number of nitrogens with zero attached hydrogens (tertiary/aromatic N) is 1. The highest BCUT2D eigenvalue weighted by Crippen LogP contribution is 2.29. The lowest BCUT2D eigenvalue weighted by atomic mass is 10.1. The molecule has 31 heavy (non-hydrogen) atoms. The fourth-order valence-electron chi connectivity index (χ4n) is 4.03. The Hall–Kier alpha value is -3.44. The number of carboxylic acids is 1. The highest BCUT2D eigenvalue weighted by molar-refractivity contribution is 5.98. The van der Waals surface area contributed by atoms with Gasteiger partial charge in [0.05, 0.1) is 0 Å². The Balaban J connectivity index is 1.67. The number of aryl methyl sites for hydroxylation is 1. The second kappa shape index (κ2) is 9.14. The third-order valence-corrected chi connectivity index (χ3v) is 5.49. The number of aromatic nitrogens is 1. The van der Waals surface area contributed by atoms with E-state index in [2.05, 4.69) is 17.4 Å². The largest absolute Gasteiger partial charge is 0.477 e. The van der Waals surface area contributed by atoms with Crippen molar-refractivity contribution in [1.29, 1.82) is 0 Å². The van der Waals surface area contributed by atoms with E-state index in [-0.39, 0.29) is 11.5 Å². The lowest BCUT2D eigenvalue weighted by molar-refractivity contribution is 0.0684. The number of carboxylic acid groups (broad SMARTS) is 1. The Bertz CT molecular complexity index is 1220. The highest BCUT2D eigenvalue weighted by atomic mass is 19.1. The molecule has 0 radical (unpaired) electrons. The molecule has 1 aromatic heterocycles. The third kappa shape index (κ3) is 4.67. The summed E-state index contributed by atoms with van der Waals surface area (Å²) in [5.74, 6) is -1.31. The number of aromatic carboxylic acids is 1. The van der Waals surface area contributed by atoms with Crippen molar-refractivity contribution in [2.24, 2.45) is 0 Å². The predicted molar refractivity (Wildman–Crippen MR) is 121 cm³/mol. The van der Waals surface area contributed by atoms with Gasteiger partial charge in [-0.3, -0.25) is 0 Å². The predicted octanol–water partition coefficient (Wildman–Crippen LogP) is 5.17. The van der Waals surface area contributed by atoms with Gasteiger partial charge in [-0.2, -0.15) is 0 Å². The quantitative estimate of drug-likeness (QED) is 0.390. The molecule has 5 heteroatoms. The van der Waals surface area contributed by atoms with Gasteiger partial charge in [0.15, 0.2) is 0 Å². The van der Waals surface area contributed by atoms with E-state index in [9.17, 15) is 14.3 Å². The molecule has 0 unspecified atom stereocenters. The number of nitrogens with one attached hydrogen (secondary N) is 1. The average molecular weight is 416 g/mol. The van der Waals surface area contributed by atoms with E-state index in [4.69, 9.17) is 0 Å². The molecule has 4 nitrogen and oxygen atoms in total. The summed E-state index contributed by atoms with van der Waals surface area (Å²) in [5, 5.41) is 14.4. The summed E-state index contributed by atoms with van der Waals surface area (Å²) < 4.78 is 15.5. The molecule has 0 saturated heterocycles. The van der Waals surface area contributed by atoms with Crippen LogP contribution < -0.4 is 5.32 Å². The zero-order chi connectivity index (χ0) is 21.8. The number of benzene rings is 3. The van der Waals surface area contributed by atoms with Crippen LogP contribution in [0, 0.1) is 12.7 Å². The van der Waals surface area contributed by atoms with Crippen LogP contribution in [-0.4, -0.2) is 22.2 Å². The summed E-state index contributed by atoms with van der Waals surface area (Å²) in [6.07, 6.45) is 0.865. The number of hydrogen-bond donors (Lipinski definition) is 2. The smallest absolute Gasteiger partial charge is 0.352 e. The molecule has 1 heterocycles. The SMILES string of the molecule is Cc1ccc2c(CNCCc3ccccc3)c(C(=O)O)n(Cc3cccc(F)c3)c2c1. The summed E-state index contributed by atoms with van der Waals surface area (Å²) >= 11 is 0. The van der Waals surface area contributed by atoms with Gasteiger partial charge in [-0.05, 0) is 54.8 Å². The Morgan fingerprint density at radius 3 is 2.52 bits per heavy atom. The van der Waals surface area contributed by atoms with Crippen molar-refractivity contribution in [3.63, 3.8) is 0 Å². The van der Waals surface area contributed by atoms with Gasteiger partial charge in [0.2, 0.25) is 0 Å². The van der Waals surface area contributed by atoms with Crippen molar-refractivity contribution in [3.05, 3.63) is 107 Å². The van der Waals surface area contributed by atoms with Crippen LogP contribution in [-0.2, 0) is 19.5 Å². The number of carbonyl (C=O) groups is 1. The molecule has 4 aromatic rings. The second-order valence-electron chi connectivity index (χ2n) is 7.78. The van der Waals surface area contributed by atoms with E-state index in [1.165, 1.54) is 17.7 Å². The Kier molecular flexibility index (Phi) is 6.14. The lowest BCUT2D eigenvalue weighted by Crippen LogP contribution is -2.19. The molecule has 0 amide bonds. The second-order valence-corrected chi connectivity index (χ2v) is 7.78. The van der Waals surface area contributed by atoms with Crippen molar-refractivity contribution in [3.8, 4) is 0 Å². The van der Waals surface area contributed by atoms with E-state index >= 15 is 0 Å². The summed E-state index contributed by atoms with van der Waals surface area (Å²) in [4.78, 5) is 12.3. The highest BCUT2D eigenvalue weighted by Gasteiger charge is 2.22. The van der Waals surface area contributed by atoms with E-state index in [1.807, 2.05) is 49.4 Å². The lowest BCUT2D eigenvalue weighted by Gasteiger charge is -2.10. The molecule has 0 fully saturated rings. The molecule has 158 valence electrons. The normalized spacial score (nSPS) is 11.2. The molecule has 0 atom stereocenters. The zero-order valence-corrected chi connectivity index (χ0v) is 17.4. The van der Waals surface area contributed by atoms with Crippen LogP contribution in [0.2, 0.25) is 0 Å². The molecule has 3 aromatic carbocycles. The molecule has 0 spiro atoms. The first-order valence-corrected chi connectivity index (χ1v) is 10.4. The van der Waals surface area contributed by atoms with Crippen LogP contribution in [0.25, 0.3) is 10.9 Å². The van der Waals surface area contributed by atoms with Crippen molar-refractivity contribution >= 4 is 16.9 Å². The molecule has 4 rings (SSSR count). The van der Waals surface area contributed by atoms with Crippen LogP contribution >= 0.6 is 0 Å². The van der Waals surface area contributed by atoms with Crippen LogP contribution in [0.3, 0.4) is 0 Å². The van der Waals surface area contributed by atoms with Crippen molar-refractivity contribution in [2.75, 3.05) is 6.54 Å². The molecule has 0 saturated carbocycles. The molecule has 0 bridgehead atoms. The van der Waals surface area contributed by atoms with E-state index < -0.39 is 5.97 Å². The van der Waals surface area contributed by atoms with Crippen molar-refractivity contribution < 1.29 is 14.3 Å². The van der Waals surface area contributed by atoms with Crippen molar-refractivity contribution in [1.82, 2.24) is 9.88 Å². The van der Waals surface area contributed by atoms with Crippen LogP contribution in [0.4, 0.5) is 4.39 Å². The van der Waals surface area contributed by atoms with Crippen LogP contribution in [0.5, 0.6) is 0 Å². The summed E-state index contributed by atoms with van der Waals surface area (Å²) in [6, 6.07) is 22.5. The van der Waals surface area contributed by atoms with Gasteiger partial charge in [-0.15, -0.1) is 0 Å². The Morgan fingerprint density at radius 1 is 1.00 bits per heavy atom. The molecular formula is C26H25FN2O2. The van der Waals surface area contributed by atoms with Gasteiger partial charge in [0, 0.05) is 29.6 Å². The fourth-order valence-corrected chi connectivity index (χ4v) is 4.03. The number of hydrogen-bond acceptors (Lipinski definition) is 2. The van der Waals surface area contributed by atoms with Gasteiger partial charge >= 0.3 is 5.97 Å². The van der Waals surface area contributed by atoms with Gasteiger partial charge in [0.25, 0.3) is 0 Å². The van der Waals surface area contributed by atoms with E-state index in [1.54, 1.807) is 10.6 Å². The summed E-state index contributed by atoms with van der Waals surface area (Å²) in [5.41, 5.74) is 4.86. The summed E-state index contributed by atoms with van der Waals surface area (Å²) in [6.45, 7) is 3.47. The minimum Gasteiger partial charge on any atom is -0.477 e. The maximum absolute atomic E-state index is 13.7. The molecule has 0 aliphatic rings. The van der Waals surface area contributed by atoms with Gasteiger partial charge in [-0.25, -0.2) is 9.18 Å². The number of rotatable bonds is 8. The molecule has 0 aliphatic heterocycles. The standard InChI is InChI=1S/C26H25FN2O2/c1-18-10-11-22-23(16-28-13-12-19-6-3-2-4-7-19)25(26(30)31)29(24(22)14-18)17-20-8-5-9-21(27)15-20/h2-11,14-15,28H,12-13,16-17H2,1H3,(H,30,31). The maximum atomic E-state index is 13.7. The first-order chi connectivity index (χ1) is 15.0. The Morgan fingerprint density at radius 2 is 1.77 bits per heavy atom. The monoisotopic (exact) mass is 416 g/mol. The third-order valence-electron chi connectivity index (χ3n) is 5.49. The topological polar surface area (TPSA) is 54.3 Å². The minimum atomic E-state index is -0.981. The van der Waals surface area contributed by atoms with Gasteiger partial charge in [-0.1, -0.05) is 54.6 Å². The Labute approximate surface area is 181 Å². The number of halogens is 1. The molecular weight excluding hydrogens is 391 g/mol. The zero-order valence-electron chi connectivity index (χ0n) is 17.4. The van der Waals surface area contributed by atoms with E-state index in [0.717, 1.165) is 40.6 Å². The first kappa shape index (κ1) is 20.8. The first-order valence-electron chi connectivity index (χ1n) is 10.4. The number of fused-ring (bicyclic) bond motifs is 1. The van der Waals surface area contributed by atoms with Crippen LogP contribution in [0.1, 0.15) is 32.7 Å². The minimum absolute atomic E-state index is 0.247. The van der Waals surface area contributed by atoms with Gasteiger partial charge in [0.1, 0.15) is 11.5 Å². The maximum Gasteiger partial charge on any atom is 0.352 e. The average Bonchev–Trinajstić information content (AvgIpc) is 3.04. The van der Waals surface area contributed by atoms with Crippen LogP contribution in [0.15, 0.2) is 72.8 Å².